The molecule has 0 fully saturated rings. The normalized spacial score (nSPS) is 10.5. The first kappa shape index (κ1) is 16.4. The molecule has 0 atom stereocenters. The van der Waals surface area contributed by atoms with Crippen LogP contribution in [0.2, 0.25) is 0 Å². The minimum Gasteiger partial charge on any atom is -0.352 e. The second-order valence-electron chi connectivity index (χ2n) is 5.08. The molecule has 0 unspecified atom stereocenters. The minimum atomic E-state index is -0.248. The average molecular weight is 309 g/mol. The molecule has 118 valence electrons. The standard InChI is InChI=1S/C18H19N3O2/c1-14-7-9-15(10-8-14)13-20-21-17(22)11-12-19-18(23)16-5-3-2-4-6-16/h2-10,13H,11-12H2,1H3,(H,19,23)(H,21,22)/b20-13+. The molecule has 0 saturated carbocycles. The SMILES string of the molecule is Cc1ccc(/C=N/NC(=O)CCNC(=O)c2ccccc2)cc1. The third-order valence-corrected chi connectivity index (χ3v) is 3.15. The van der Waals surface area contributed by atoms with E-state index in [0.717, 1.165) is 5.56 Å². The maximum atomic E-state index is 11.8. The molecular weight excluding hydrogens is 290 g/mol. The lowest BCUT2D eigenvalue weighted by Gasteiger charge is -2.04. The lowest BCUT2D eigenvalue weighted by atomic mass is 10.2. The summed E-state index contributed by atoms with van der Waals surface area (Å²) in [4.78, 5) is 23.4. The molecule has 5 nitrogen and oxygen atoms in total. The Labute approximate surface area is 135 Å². The van der Waals surface area contributed by atoms with Crippen molar-refractivity contribution >= 4 is 18.0 Å². The van der Waals surface area contributed by atoms with Gasteiger partial charge in [-0.25, -0.2) is 5.43 Å². The zero-order valence-electron chi connectivity index (χ0n) is 13.0. The Hall–Kier alpha value is -2.95. The van der Waals surface area contributed by atoms with Crippen molar-refractivity contribution < 1.29 is 9.59 Å². The summed E-state index contributed by atoms with van der Waals surface area (Å²) in [6.45, 7) is 2.27. The highest BCUT2D eigenvalue weighted by molar-refractivity contribution is 5.94. The van der Waals surface area contributed by atoms with Crippen LogP contribution in [0.1, 0.15) is 27.9 Å². The van der Waals surface area contributed by atoms with Gasteiger partial charge < -0.3 is 5.32 Å². The number of carbonyl (C=O) groups is 2. The summed E-state index contributed by atoms with van der Waals surface area (Å²) in [5.74, 6) is -0.441. The Balaban J connectivity index is 1.69. The number of benzene rings is 2. The highest BCUT2D eigenvalue weighted by Crippen LogP contribution is 2.00. The predicted molar refractivity (Wildman–Crippen MR) is 90.3 cm³/mol. The van der Waals surface area contributed by atoms with Crippen LogP contribution in [0.4, 0.5) is 0 Å². The molecule has 2 aromatic carbocycles. The smallest absolute Gasteiger partial charge is 0.251 e. The molecule has 0 aliphatic carbocycles. The molecule has 0 aromatic heterocycles. The van der Waals surface area contributed by atoms with E-state index >= 15 is 0 Å². The summed E-state index contributed by atoms with van der Waals surface area (Å²) >= 11 is 0. The van der Waals surface area contributed by atoms with E-state index in [4.69, 9.17) is 0 Å². The van der Waals surface area contributed by atoms with Crippen LogP contribution >= 0.6 is 0 Å². The maximum absolute atomic E-state index is 11.8. The van der Waals surface area contributed by atoms with Crippen molar-refractivity contribution in [2.75, 3.05) is 6.54 Å². The number of nitrogens with one attached hydrogen (secondary N) is 2. The van der Waals surface area contributed by atoms with E-state index in [1.807, 2.05) is 37.3 Å². The van der Waals surface area contributed by atoms with Crippen molar-refractivity contribution in [3.63, 3.8) is 0 Å². The first-order valence-corrected chi connectivity index (χ1v) is 7.37. The fourth-order valence-electron chi connectivity index (χ4n) is 1.87. The van der Waals surface area contributed by atoms with Gasteiger partial charge in [-0.3, -0.25) is 9.59 Å². The largest absolute Gasteiger partial charge is 0.352 e. The Morgan fingerprint density at radius 2 is 1.74 bits per heavy atom. The van der Waals surface area contributed by atoms with Crippen molar-refractivity contribution in [2.24, 2.45) is 5.10 Å². The highest BCUT2D eigenvalue weighted by Gasteiger charge is 2.05. The quantitative estimate of drug-likeness (QED) is 0.635. The van der Waals surface area contributed by atoms with Crippen LogP contribution in [-0.2, 0) is 4.79 Å². The molecule has 0 aliphatic heterocycles. The van der Waals surface area contributed by atoms with Crippen LogP contribution in [0, 0.1) is 6.92 Å². The van der Waals surface area contributed by atoms with Crippen LogP contribution in [0.15, 0.2) is 59.7 Å². The van der Waals surface area contributed by atoms with E-state index in [9.17, 15) is 9.59 Å². The van der Waals surface area contributed by atoms with Gasteiger partial charge in [0.2, 0.25) is 5.91 Å². The molecule has 2 amide bonds. The molecule has 23 heavy (non-hydrogen) atoms. The third-order valence-electron chi connectivity index (χ3n) is 3.15. The van der Waals surface area contributed by atoms with Gasteiger partial charge in [0.25, 0.3) is 5.91 Å². The van der Waals surface area contributed by atoms with Crippen molar-refractivity contribution in [2.45, 2.75) is 13.3 Å². The van der Waals surface area contributed by atoms with Crippen LogP contribution in [0.25, 0.3) is 0 Å². The van der Waals surface area contributed by atoms with Crippen LogP contribution in [0.5, 0.6) is 0 Å². The van der Waals surface area contributed by atoms with Crippen molar-refractivity contribution in [3.05, 3.63) is 71.3 Å². The van der Waals surface area contributed by atoms with Gasteiger partial charge in [0.15, 0.2) is 0 Å². The monoisotopic (exact) mass is 309 g/mol. The fraction of sp³-hybridized carbons (Fsp3) is 0.167. The summed E-state index contributed by atoms with van der Waals surface area (Å²) in [6.07, 6.45) is 1.75. The first-order chi connectivity index (χ1) is 11.1. The Morgan fingerprint density at radius 3 is 2.43 bits per heavy atom. The van der Waals surface area contributed by atoms with Crippen LogP contribution in [-0.4, -0.2) is 24.6 Å². The molecule has 2 rings (SSSR count). The van der Waals surface area contributed by atoms with Crippen molar-refractivity contribution in [1.82, 2.24) is 10.7 Å². The Bertz CT molecular complexity index is 679. The van der Waals surface area contributed by atoms with Gasteiger partial charge in [-0.1, -0.05) is 48.0 Å². The van der Waals surface area contributed by atoms with Crippen molar-refractivity contribution in [3.8, 4) is 0 Å². The number of amides is 2. The van der Waals surface area contributed by atoms with E-state index in [1.54, 1.807) is 30.5 Å². The topological polar surface area (TPSA) is 70.6 Å². The van der Waals surface area contributed by atoms with Gasteiger partial charge in [0.1, 0.15) is 0 Å². The molecular formula is C18H19N3O2. The zero-order valence-corrected chi connectivity index (χ0v) is 13.0. The lowest BCUT2D eigenvalue weighted by molar-refractivity contribution is -0.120. The number of carbonyl (C=O) groups excluding carboxylic acids is 2. The predicted octanol–water partition coefficient (Wildman–Crippen LogP) is 2.27. The van der Waals surface area contributed by atoms with Gasteiger partial charge in [0, 0.05) is 18.5 Å². The van der Waals surface area contributed by atoms with E-state index in [0.29, 0.717) is 5.56 Å². The van der Waals surface area contributed by atoms with Gasteiger partial charge in [-0.2, -0.15) is 5.10 Å². The lowest BCUT2D eigenvalue weighted by Crippen LogP contribution is -2.28. The minimum absolute atomic E-state index is 0.170. The third kappa shape index (κ3) is 5.74. The van der Waals surface area contributed by atoms with Gasteiger partial charge in [0.05, 0.1) is 6.21 Å². The number of aryl methyl sites for hydroxylation is 1. The second-order valence-corrected chi connectivity index (χ2v) is 5.08. The second kappa shape index (κ2) is 8.48. The molecule has 2 N–H and O–H groups in total. The number of rotatable bonds is 6. The van der Waals surface area contributed by atoms with Crippen LogP contribution < -0.4 is 10.7 Å². The van der Waals surface area contributed by atoms with E-state index in [2.05, 4.69) is 15.8 Å². The maximum Gasteiger partial charge on any atom is 0.251 e. The summed E-state index contributed by atoms with van der Waals surface area (Å²) < 4.78 is 0. The molecule has 0 spiro atoms. The Morgan fingerprint density at radius 1 is 1.04 bits per heavy atom. The summed E-state index contributed by atoms with van der Waals surface area (Å²) in [5, 5.41) is 6.58. The van der Waals surface area contributed by atoms with Gasteiger partial charge >= 0.3 is 0 Å². The highest BCUT2D eigenvalue weighted by atomic mass is 16.2. The van der Waals surface area contributed by atoms with Crippen LogP contribution in [0.3, 0.4) is 0 Å². The van der Waals surface area contributed by atoms with E-state index < -0.39 is 0 Å². The number of nitrogens with zero attached hydrogens (tertiary/aromatic N) is 1. The first-order valence-electron chi connectivity index (χ1n) is 7.37. The fourth-order valence-corrected chi connectivity index (χ4v) is 1.87. The average Bonchev–Trinajstić information content (AvgIpc) is 2.57. The molecule has 5 heteroatoms. The van der Waals surface area contributed by atoms with E-state index in [1.165, 1.54) is 5.56 Å². The number of hydrogen-bond donors (Lipinski definition) is 2. The molecule has 0 bridgehead atoms. The summed E-state index contributed by atoms with van der Waals surface area (Å²) in [5.41, 5.74) is 5.09. The summed E-state index contributed by atoms with van der Waals surface area (Å²) in [6, 6.07) is 16.7. The molecule has 2 aromatic rings. The summed E-state index contributed by atoms with van der Waals surface area (Å²) in [7, 11) is 0. The van der Waals surface area contributed by atoms with Gasteiger partial charge in [-0.15, -0.1) is 0 Å². The molecule has 0 radical (unpaired) electrons. The molecule has 0 aliphatic rings. The number of hydrazone groups is 1. The van der Waals surface area contributed by atoms with Crippen molar-refractivity contribution in [1.29, 1.82) is 0 Å². The Kier molecular flexibility index (Phi) is 6.06. The zero-order chi connectivity index (χ0) is 16.5. The molecule has 0 saturated heterocycles. The van der Waals surface area contributed by atoms with E-state index in [-0.39, 0.29) is 24.8 Å². The number of hydrogen-bond acceptors (Lipinski definition) is 3. The van der Waals surface area contributed by atoms with Gasteiger partial charge in [-0.05, 0) is 24.6 Å². The molecule has 0 heterocycles.